The van der Waals surface area contributed by atoms with Crippen LogP contribution in [0, 0.1) is 17.3 Å². The van der Waals surface area contributed by atoms with Crippen LogP contribution in [-0.2, 0) is 11.3 Å². The first kappa shape index (κ1) is 30.5. The van der Waals surface area contributed by atoms with E-state index in [1.807, 2.05) is 54.0 Å². The second-order valence-corrected chi connectivity index (χ2v) is 13.5. The smallest absolute Gasteiger partial charge is 0.256 e. The topological polar surface area (TPSA) is 94.9 Å². The van der Waals surface area contributed by atoms with Crippen LogP contribution >= 0.6 is 0 Å². The number of benzene rings is 1. The van der Waals surface area contributed by atoms with Crippen molar-refractivity contribution in [1.29, 1.82) is 0 Å². The Morgan fingerprint density at radius 3 is 2.38 bits per heavy atom. The van der Waals surface area contributed by atoms with Gasteiger partial charge >= 0.3 is 0 Å². The molecule has 8 heteroatoms. The molecule has 0 spiro atoms. The predicted molar refractivity (Wildman–Crippen MR) is 165 cm³/mol. The number of hydrogen-bond donors (Lipinski definition) is 2. The van der Waals surface area contributed by atoms with Crippen LogP contribution in [0.4, 0.5) is 0 Å². The van der Waals surface area contributed by atoms with Gasteiger partial charge in [-0.05, 0) is 24.3 Å². The molecule has 0 radical (unpaired) electrons. The first-order valence-corrected chi connectivity index (χ1v) is 15.9. The maximum atomic E-state index is 13.8. The van der Waals surface area contributed by atoms with Gasteiger partial charge in [-0.25, -0.2) is 0 Å². The van der Waals surface area contributed by atoms with E-state index in [1.54, 1.807) is 6.20 Å². The number of aromatic nitrogens is 1. The van der Waals surface area contributed by atoms with Crippen molar-refractivity contribution in [3.05, 3.63) is 58.5 Å². The molecule has 3 aliphatic rings. The summed E-state index contributed by atoms with van der Waals surface area (Å²) in [6.45, 7) is 9.63. The number of amides is 2. The summed E-state index contributed by atoms with van der Waals surface area (Å²) < 4.78 is 1.51. The Bertz CT molecular complexity index is 1310. The summed E-state index contributed by atoms with van der Waals surface area (Å²) in [7, 11) is 0. The molecule has 2 amide bonds. The van der Waals surface area contributed by atoms with Gasteiger partial charge in [0, 0.05) is 68.4 Å². The average Bonchev–Trinajstić information content (AvgIpc) is 3.00. The van der Waals surface area contributed by atoms with Crippen LogP contribution in [0.25, 0.3) is 11.1 Å². The summed E-state index contributed by atoms with van der Waals surface area (Å²) in [6.07, 6.45) is 9.24. The molecule has 5 rings (SSSR count). The minimum absolute atomic E-state index is 0.0261. The second kappa shape index (κ2) is 12.7. The van der Waals surface area contributed by atoms with Gasteiger partial charge in [-0.2, -0.15) is 0 Å². The molecule has 0 unspecified atom stereocenters. The molecule has 1 aromatic carbocycles. The van der Waals surface area contributed by atoms with E-state index in [4.69, 9.17) is 0 Å². The minimum atomic E-state index is -1.22. The number of nitrogens with zero attached hydrogens (tertiary/aromatic N) is 3. The summed E-state index contributed by atoms with van der Waals surface area (Å²) in [5, 5.41) is 15.3. The molecular formula is C34H48N4O4. The highest BCUT2D eigenvalue weighted by Gasteiger charge is 2.49. The fraction of sp³-hybridized carbons (Fsp3) is 0.618. The van der Waals surface area contributed by atoms with Crippen molar-refractivity contribution < 1.29 is 14.7 Å². The molecule has 2 saturated heterocycles. The minimum Gasteiger partial charge on any atom is -0.387 e. The number of aliphatic hydroxyl groups is 1. The van der Waals surface area contributed by atoms with Crippen LogP contribution < -0.4 is 10.9 Å². The maximum Gasteiger partial charge on any atom is 0.256 e. The lowest BCUT2D eigenvalue weighted by Gasteiger charge is -2.51. The fourth-order valence-electron chi connectivity index (χ4n) is 7.22. The Kier molecular flexibility index (Phi) is 9.23. The molecule has 228 valence electrons. The Labute approximate surface area is 250 Å². The van der Waals surface area contributed by atoms with E-state index in [0.717, 1.165) is 25.1 Å². The van der Waals surface area contributed by atoms with Crippen molar-refractivity contribution >= 4 is 11.8 Å². The van der Waals surface area contributed by atoms with Gasteiger partial charge < -0.3 is 24.8 Å². The SMILES string of the molecule is C[C@H](CC1CCCCC1)C(=O)N1CC[C@](O)(Cn2cc(C(=O)N3CCNCC3)c(-c3ccccc3)cc2=O)C(C)(C)C1. The van der Waals surface area contributed by atoms with Crippen LogP contribution in [0.2, 0.25) is 0 Å². The molecule has 2 aromatic rings. The number of carbonyl (C=O) groups excluding carboxylic acids is 2. The number of carbonyl (C=O) groups is 2. The largest absolute Gasteiger partial charge is 0.387 e. The van der Waals surface area contributed by atoms with Gasteiger partial charge in [0.25, 0.3) is 11.5 Å². The molecule has 3 heterocycles. The highest BCUT2D eigenvalue weighted by atomic mass is 16.3. The molecule has 8 nitrogen and oxygen atoms in total. The van der Waals surface area contributed by atoms with E-state index in [9.17, 15) is 19.5 Å². The number of pyridine rings is 1. The average molecular weight is 577 g/mol. The van der Waals surface area contributed by atoms with Crippen molar-refractivity contribution in [3.63, 3.8) is 0 Å². The quantitative estimate of drug-likeness (QED) is 0.516. The fourth-order valence-corrected chi connectivity index (χ4v) is 7.22. The summed E-state index contributed by atoms with van der Waals surface area (Å²) in [5.74, 6) is 0.671. The lowest BCUT2D eigenvalue weighted by atomic mass is 9.69. The molecular weight excluding hydrogens is 528 g/mol. The Hall–Kier alpha value is -2.97. The zero-order valence-electron chi connectivity index (χ0n) is 25.6. The van der Waals surface area contributed by atoms with E-state index in [0.29, 0.717) is 49.6 Å². The molecule has 1 aliphatic carbocycles. The van der Waals surface area contributed by atoms with Crippen molar-refractivity contribution in [2.75, 3.05) is 39.3 Å². The van der Waals surface area contributed by atoms with Crippen LogP contribution in [0.1, 0.15) is 76.1 Å². The Morgan fingerprint density at radius 1 is 1.02 bits per heavy atom. The highest BCUT2D eigenvalue weighted by molar-refractivity contribution is 6.00. The van der Waals surface area contributed by atoms with Gasteiger partial charge in [-0.3, -0.25) is 14.4 Å². The number of likely N-dealkylation sites (tertiary alicyclic amines) is 1. The van der Waals surface area contributed by atoms with Gasteiger partial charge in [-0.1, -0.05) is 83.2 Å². The van der Waals surface area contributed by atoms with Gasteiger partial charge in [0.1, 0.15) is 0 Å². The van der Waals surface area contributed by atoms with E-state index >= 15 is 0 Å². The standard InChI is InChI=1S/C34H48N4O4/c1-25(20-26-10-6-4-7-11-26)31(40)37-17-14-34(42,33(2,3)23-37)24-38-22-29(32(41)36-18-15-35-16-19-36)28(21-30(38)39)27-12-8-5-9-13-27/h5,8-9,12-13,21-22,25-26,35,42H,4,6-7,10-11,14-20,23-24H2,1-3H3/t25-,34+/m1/s1. The van der Waals surface area contributed by atoms with Crippen molar-refractivity contribution in [2.24, 2.45) is 17.3 Å². The van der Waals surface area contributed by atoms with Gasteiger partial charge in [0.2, 0.25) is 5.91 Å². The van der Waals surface area contributed by atoms with Crippen LogP contribution in [0.15, 0.2) is 47.4 Å². The van der Waals surface area contributed by atoms with Gasteiger partial charge in [0.05, 0.1) is 17.7 Å². The van der Waals surface area contributed by atoms with Crippen LogP contribution in [-0.4, -0.2) is 76.2 Å². The monoisotopic (exact) mass is 576 g/mol. The molecule has 3 fully saturated rings. The van der Waals surface area contributed by atoms with Crippen LogP contribution in [0.5, 0.6) is 0 Å². The van der Waals surface area contributed by atoms with E-state index in [-0.39, 0.29) is 29.8 Å². The number of rotatable bonds is 7. The van der Waals surface area contributed by atoms with Crippen LogP contribution in [0.3, 0.4) is 0 Å². The number of piperazine rings is 1. The zero-order chi connectivity index (χ0) is 29.9. The third-order valence-corrected chi connectivity index (χ3v) is 10.1. The van der Waals surface area contributed by atoms with E-state index in [1.165, 1.54) is 42.7 Å². The predicted octanol–water partition coefficient (Wildman–Crippen LogP) is 4.16. The zero-order valence-corrected chi connectivity index (χ0v) is 25.6. The molecule has 0 bridgehead atoms. The first-order valence-electron chi connectivity index (χ1n) is 15.9. The summed E-state index contributed by atoms with van der Waals surface area (Å²) >= 11 is 0. The van der Waals surface area contributed by atoms with E-state index < -0.39 is 11.0 Å². The van der Waals surface area contributed by atoms with Crippen molar-refractivity contribution in [3.8, 4) is 11.1 Å². The lowest BCUT2D eigenvalue weighted by Crippen LogP contribution is -2.61. The first-order chi connectivity index (χ1) is 20.1. The van der Waals surface area contributed by atoms with Crippen molar-refractivity contribution in [2.45, 2.75) is 77.9 Å². The highest BCUT2D eigenvalue weighted by Crippen LogP contribution is 2.41. The van der Waals surface area contributed by atoms with Crippen molar-refractivity contribution in [1.82, 2.24) is 19.7 Å². The summed E-state index contributed by atoms with van der Waals surface area (Å²) in [4.78, 5) is 44.5. The van der Waals surface area contributed by atoms with Gasteiger partial charge in [-0.15, -0.1) is 0 Å². The van der Waals surface area contributed by atoms with E-state index in [2.05, 4.69) is 12.2 Å². The molecule has 1 saturated carbocycles. The van der Waals surface area contributed by atoms with Gasteiger partial charge in [0.15, 0.2) is 0 Å². The number of hydrogen-bond acceptors (Lipinski definition) is 5. The third-order valence-electron chi connectivity index (χ3n) is 10.1. The molecule has 42 heavy (non-hydrogen) atoms. The third kappa shape index (κ3) is 6.50. The Morgan fingerprint density at radius 2 is 1.71 bits per heavy atom. The molecule has 1 aromatic heterocycles. The number of nitrogens with one attached hydrogen (secondary N) is 1. The summed E-state index contributed by atoms with van der Waals surface area (Å²) in [5.41, 5.74) is -0.231. The normalized spacial score (nSPS) is 23.9. The molecule has 2 aliphatic heterocycles. The Balaban J connectivity index is 1.36. The molecule has 2 atom stereocenters. The molecule has 2 N–H and O–H groups in total. The lowest BCUT2D eigenvalue weighted by molar-refractivity contribution is -0.157. The number of piperidine rings is 1. The summed E-state index contributed by atoms with van der Waals surface area (Å²) in [6, 6.07) is 11.1. The maximum absolute atomic E-state index is 13.8. The second-order valence-electron chi connectivity index (χ2n) is 13.5.